The van der Waals surface area contributed by atoms with Crippen LogP contribution in [0.25, 0.3) is 12.2 Å². The van der Waals surface area contributed by atoms with Crippen molar-refractivity contribution in [2.24, 2.45) is 0 Å². The molecule has 0 atom stereocenters. The second-order valence-electron chi connectivity index (χ2n) is 3.58. The van der Waals surface area contributed by atoms with Crippen LogP contribution in [0.3, 0.4) is 0 Å². The lowest BCUT2D eigenvalue weighted by atomic mass is 10.2. The topological polar surface area (TPSA) is 44.5 Å². The van der Waals surface area contributed by atoms with E-state index >= 15 is 0 Å². The number of alkyl halides is 2. The second-order valence-corrected chi connectivity index (χ2v) is 3.58. The maximum absolute atomic E-state index is 12.8. The summed E-state index contributed by atoms with van der Waals surface area (Å²) in [6.45, 7) is 0. The summed E-state index contributed by atoms with van der Waals surface area (Å²) in [7, 11) is 0. The molecule has 0 spiro atoms. The number of nitrogens with zero attached hydrogens (tertiary/aromatic N) is 1. The molecule has 0 bridgehead atoms. The molecule has 4 nitrogen and oxygen atoms in total. The van der Waals surface area contributed by atoms with E-state index in [-0.39, 0.29) is 11.5 Å². The number of hydrogen-bond donors (Lipinski definition) is 0. The van der Waals surface area contributed by atoms with Gasteiger partial charge in [-0.3, -0.25) is 0 Å². The lowest BCUT2D eigenvalue weighted by Crippen LogP contribution is -2.25. The predicted octanol–water partition coefficient (Wildman–Crippen LogP) is 3.17. The van der Waals surface area contributed by atoms with Crippen molar-refractivity contribution in [2.45, 2.75) is 6.29 Å². The first-order valence-corrected chi connectivity index (χ1v) is 5.10. The molecule has 1 aliphatic heterocycles. The van der Waals surface area contributed by atoms with E-state index in [0.717, 1.165) is 0 Å². The summed E-state index contributed by atoms with van der Waals surface area (Å²) < 4.78 is 39.2. The number of rotatable bonds is 2. The molecule has 2 heterocycles. The van der Waals surface area contributed by atoms with Gasteiger partial charge in [0.15, 0.2) is 11.5 Å². The molecule has 0 amide bonds. The molecular formula is C12H7F2NO3. The van der Waals surface area contributed by atoms with Gasteiger partial charge in [-0.2, -0.15) is 0 Å². The Morgan fingerprint density at radius 3 is 2.72 bits per heavy atom. The van der Waals surface area contributed by atoms with Gasteiger partial charge in [0.1, 0.15) is 6.26 Å². The molecule has 0 aliphatic carbocycles. The number of aromatic nitrogens is 1. The number of halogens is 2. The minimum Gasteiger partial charge on any atom is -0.445 e. The van der Waals surface area contributed by atoms with Crippen LogP contribution in [0.5, 0.6) is 11.5 Å². The van der Waals surface area contributed by atoms with Gasteiger partial charge in [0, 0.05) is 6.08 Å². The van der Waals surface area contributed by atoms with Crippen molar-refractivity contribution in [3.05, 3.63) is 42.1 Å². The highest BCUT2D eigenvalue weighted by Gasteiger charge is 2.43. The molecule has 0 saturated carbocycles. The molecule has 92 valence electrons. The van der Waals surface area contributed by atoms with E-state index in [1.165, 1.54) is 24.6 Å². The van der Waals surface area contributed by atoms with Crippen LogP contribution < -0.4 is 9.47 Å². The lowest BCUT2D eigenvalue weighted by molar-refractivity contribution is -0.286. The maximum Gasteiger partial charge on any atom is 0.586 e. The number of oxazole rings is 1. The number of benzene rings is 1. The molecule has 0 N–H and O–H groups in total. The van der Waals surface area contributed by atoms with Crippen LogP contribution in [0.15, 0.2) is 35.1 Å². The highest BCUT2D eigenvalue weighted by molar-refractivity contribution is 5.68. The Bertz CT molecular complexity index is 593. The first kappa shape index (κ1) is 10.8. The summed E-state index contributed by atoms with van der Waals surface area (Å²) >= 11 is 0. The second kappa shape index (κ2) is 3.83. The molecule has 0 unspecified atom stereocenters. The summed E-state index contributed by atoms with van der Waals surface area (Å²) in [6, 6.07) is 4.50. The molecule has 6 heteroatoms. The largest absolute Gasteiger partial charge is 0.586 e. The molecule has 1 aliphatic rings. The van der Waals surface area contributed by atoms with Crippen LogP contribution in [0.2, 0.25) is 0 Å². The molecule has 0 fully saturated rings. The van der Waals surface area contributed by atoms with Gasteiger partial charge in [-0.05, 0) is 23.8 Å². The molecule has 18 heavy (non-hydrogen) atoms. The lowest BCUT2D eigenvalue weighted by Gasteiger charge is -2.04. The highest BCUT2D eigenvalue weighted by atomic mass is 19.3. The highest BCUT2D eigenvalue weighted by Crippen LogP contribution is 2.41. The van der Waals surface area contributed by atoms with Gasteiger partial charge >= 0.3 is 6.29 Å². The normalized spacial score (nSPS) is 16.3. The van der Waals surface area contributed by atoms with E-state index in [9.17, 15) is 8.78 Å². The monoisotopic (exact) mass is 251 g/mol. The van der Waals surface area contributed by atoms with Crippen molar-refractivity contribution in [1.29, 1.82) is 0 Å². The van der Waals surface area contributed by atoms with Gasteiger partial charge in [0.2, 0.25) is 5.89 Å². The predicted molar refractivity (Wildman–Crippen MR) is 58.1 cm³/mol. The van der Waals surface area contributed by atoms with Crippen molar-refractivity contribution in [2.75, 3.05) is 0 Å². The Balaban J connectivity index is 1.84. The number of hydrogen-bond acceptors (Lipinski definition) is 4. The van der Waals surface area contributed by atoms with Gasteiger partial charge in [0.05, 0.1) is 6.20 Å². The first-order chi connectivity index (χ1) is 8.62. The minimum absolute atomic E-state index is 0.00885. The zero-order valence-corrected chi connectivity index (χ0v) is 8.97. The van der Waals surface area contributed by atoms with Gasteiger partial charge in [-0.25, -0.2) is 4.98 Å². The van der Waals surface area contributed by atoms with E-state index in [2.05, 4.69) is 14.5 Å². The van der Waals surface area contributed by atoms with Crippen LogP contribution in [-0.2, 0) is 0 Å². The van der Waals surface area contributed by atoms with Crippen LogP contribution in [0.4, 0.5) is 8.78 Å². The van der Waals surface area contributed by atoms with Crippen molar-refractivity contribution in [1.82, 2.24) is 4.98 Å². The summed E-state index contributed by atoms with van der Waals surface area (Å²) in [5, 5.41) is 0. The number of fused-ring (bicyclic) bond motifs is 1. The van der Waals surface area contributed by atoms with Gasteiger partial charge in [-0.15, -0.1) is 8.78 Å². The summed E-state index contributed by atoms with van der Waals surface area (Å²) in [5.41, 5.74) is 0.674. The summed E-state index contributed by atoms with van der Waals surface area (Å²) in [4.78, 5) is 3.90. The maximum atomic E-state index is 12.8. The number of ether oxygens (including phenoxy) is 2. The van der Waals surface area contributed by atoms with Crippen molar-refractivity contribution < 1.29 is 22.7 Å². The average molecular weight is 251 g/mol. The standard InChI is InChI=1S/C12H7F2NO3/c13-12(14)17-9-3-1-8(7-10(9)18-12)2-4-11-15-5-6-16-11/h1-7H. The van der Waals surface area contributed by atoms with Crippen LogP contribution in [-0.4, -0.2) is 11.3 Å². The fraction of sp³-hybridized carbons (Fsp3) is 0.0833. The average Bonchev–Trinajstić information content (AvgIpc) is 2.90. The van der Waals surface area contributed by atoms with Gasteiger partial charge < -0.3 is 13.9 Å². The zero-order valence-electron chi connectivity index (χ0n) is 8.97. The van der Waals surface area contributed by atoms with Gasteiger partial charge in [0.25, 0.3) is 0 Å². The van der Waals surface area contributed by atoms with E-state index in [4.69, 9.17) is 4.42 Å². The van der Waals surface area contributed by atoms with Crippen LogP contribution >= 0.6 is 0 Å². The molecule has 3 rings (SSSR count). The Morgan fingerprint density at radius 2 is 1.94 bits per heavy atom. The molecule has 2 aromatic rings. The van der Waals surface area contributed by atoms with Crippen molar-refractivity contribution in [3.63, 3.8) is 0 Å². The van der Waals surface area contributed by atoms with E-state index in [1.807, 2.05) is 0 Å². The van der Waals surface area contributed by atoms with E-state index in [0.29, 0.717) is 11.5 Å². The fourth-order valence-corrected chi connectivity index (χ4v) is 1.55. The smallest absolute Gasteiger partial charge is 0.445 e. The summed E-state index contributed by atoms with van der Waals surface area (Å²) in [6.07, 6.45) is 2.66. The van der Waals surface area contributed by atoms with Crippen LogP contribution in [0, 0.1) is 0 Å². The van der Waals surface area contributed by atoms with E-state index in [1.54, 1.807) is 18.2 Å². The molecular weight excluding hydrogens is 244 g/mol. The summed E-state index contributed by atoms with van der Waals surface area (Å²) in [5.74, 6) is 0.459. The molecule has 1 aromatic carbocycles. The quantitative estimate of drug-likeness (QED) is 0.822. The van der Waals surface area contributed by atoms with E-state index < -0.39 is 6.29 Å². The minimum atomic E-state index is -3.59. The van der Waals surface area contributed by atoms with Crippen molar-refractivity contribution >= 4 is 12.2 Å². The van der Waals surface area contributed by atoms with Crippen LogP contribution in [0.1, 0.15) is 11.5 Å². The third-order valence-corrected chi connectivity index (χ3v) is 2.30. The fourth-order valence-electron chi connectivity index (χ4n) is 1.55. The first-order valence-electron chi connectivity index (χ1n) is 5.10. The zero-order chi connectivity index (χ0) is 12.6. The third kappa shape index (κ3) is 2.04. The molecule has 1 aromatic heterocycles. The van der Waals surface area contributed by atoms with Crippen molar-refractivity contribution in [3.8, 4) is 11.5 Å². The molecule has 0 radical (unpaired) electrons. The SMILES string of the molecule is FC1(F)Oc2ccc(C=Cc3ncco3)cc2O1. The third-order valence-electron chi connectivity index (χ3n) is 2.30. The van der Waals surface area contributed by atoms with Gasteiger partial charge in [-0.1, -0.05) is 6.07 Å². The molecule has 0 saturated heterocycles. The Morgan fingerprint density at radius 1 is 1.11 bits per heavy atom. The Hall–Kier alpha value is -2.37. The Labute approximate surface area is 100 Å². The Kier molecular flexibility index (Phi) is 2.29.